The number of aryl methyl sites for hydroxylation is 1. The van der Waals surface area contributed by atoms with E-state index < -0.39 is 0 Å². The lowest BCUT2D eigenvalue weighted by Gasteiger charge is -2.05. The van der Waals surface area contributed by atoms with Crippen molar-refractivity contribution in [3.8, 4) is 27.6 Å². The van der Waals surface area contributed by atoms with Crippen LogP contribution < -0.4 is 0 Å². The van der Waals surface area contributed by atoms with Crippen LogP contribution in [0.5, 0.6) is 0 Å². The number of benzene rings is 3. The fraction of sp³-hybridized carbons (Fsp3) is 0.0385. The van der Waals surface area contributed by atoms with Crippen molar-refractivity contribution in [2.75, 3.05) is 0 Å². The van der Waals surface area contributed by atoms with E-state index in [4.69, 9.17) is 9.40 Å². The number of rotatable bonds is 3. The summed E-state index contributed by atoms with van der Waals surface area (Å²) in [5.74, 6) is 0.964. The van der Waals surface area contributed by atoms with E-state index in [1.54, 1.807) is 11.3 Å². The Morgan fingerprint density at radius 1 is 0.800 bits per heavy atom. The molecule has 0 aliphatic heterocycles. The molecule has 6 aromatic rings. The highest BCUT2D eigenvalue weighted by Crippen LogP contribution is 2.35. The highest BCUT2D eigenvalue weighted by atomic mass is 32.1. The van der Waals surface area contributed by atoms with Gasteiger partial charge < -0.3 is 4.42 Å². The van der Waals surface area contributed by atoms with Crippen molar-refractivity contribution in [1.29, 1.82) is 0 Å². The van der Waals surface area contributed by atoms with E-state index in [-0.39, 0.29) is 0 Å². The molecule has 6 rings (SSSR count). The van der Waals surface area contributed by atoms with Crippen LogP contribution >= 0.6 is 11.3 Å². The monoisotopic (exact) mass is 406 g/mol. The van der Waals surface area contributed by atoms with Crippen LogP contribution in [0.3, 0.4) is 0 Å². The lowest BCUT2D eigenvalue weighted by molar-refractivity contribution is 0.669. The Bertz CT molecular complexity index is 1500. The first-order valence-corrected chi connectivity index (χ1v) is 10.7. The first-order chi connectivity index (χ1) is 14.8. The minimum absolute atomic E-state index is 0.900. The zero-order valence-electron chi connectivity index (χ0n) is 16.4. The number of furan rings is 1. The van der Waals surface area contributed by atoms with Crippen LogP contribution in [0.15, 0.2) is 95.5 Å². The third-order valence-electron chi connectivity index (χ3n) is 5.37. The number of thiophene rings is 1. The minimum atomic E-state index is 0.900. The molecule has 4 heteroatoms. The lowest BCUT2D eigenvalue weighted by Crippen LogP contribution is -1.94. The van der Waals surface area contributed by atoms with E-state index in [0.29, 0.717) is 0 Å². The lowest BCUT2D eigenvalue weighted by atomic mass is 10.1. The molecule has 30 heavy (non-hydrogen) atoms. The molecule has 144 valence electrons. The second-order valence-corrected chi connectivity index (χ2v) is 8.66. The summed E-state index contributed by atoms with van der Waals surface area (Å²) in [5.41, 5.74) is 4.95. The number of para-hydroxylation sites is 2. The Labute approximate surface area is 177 Å². The maximum atomic E-state index is 5.99. The maximum absolute atomic E-state index is 5.99. The van der Waals surface area contributed by atoms with Crippen molar-refractivity contribution in [3.05, 3.63) is 96.0 Å². The Morgan fingerprint density at radius 3 is 2.43 bits per heavy atom. The summed E-state index contributed by atoms with van der Waals surface area (Å²) in [7, 11) is 0. The van der Waals surface area contributed by atoms with Gasteiger partial charge in [-0.2, -0.15) is 0 Å². The Morgan fingerprint density at radius 2 is 1.60 bits per heavy atom. The van der Waals surface area contributed by atoms with Crippen LogP contribution in [0.25, 0.3) is 49.6 Å². The van der Waals surface area contributed by atoms with Crippen molar-refractivity contribution in [2.24, 2.45) is 0 Å². The Kier molecular flexibility index (Phi) is 3.86. The molecule has 0 radical (unpaired) electrons. The highest BCUT2D eigenvalue weighted by Gasteiger charge is 2.16. The summed E-state index contributed by atoms with van der Waals surface area (Å²) < 4.78 is 8.17. The van der Waals surface area contributed by atoms with Gasteiger partial charge in [-0.3, -0.25) is 4.57 Å². The zero-order chi connectivity index (χ0) is 20.1. The van der Waals surface area contributed by atoms with Gasteiger partial charge in [0.15, 0.2) is 5.82 Å². The average Bonchev–Trinajstić information content (AvgIpc) is 3.50. The highest BCUT2D eigenvalue weighted by molar-refractivity contribution is 7.15. The van der Waals surface area contributed by atoms with Crippen LogP contribution in [0.4, 0.5) is 0 Å². The third kappa shape index (κ3) is 2.77. The predicted molar refractivity (Wildman–Crippen MR) is 124 cm³/mol. The standard InChI is InChI=1S/C26H18N2OS/c1-17-11-14-25(30-17)26-27-22(16-28(26)19-7-3-2-4-8-19)18-12-13-24-21(15-18)20-9-5-6-10-23(20)29-24/h2-16H,1H3. The molecule has 0 amide bonds. The van der Waals surface area contributed by atoms with Crippen molar-refractivity contribution in [3.63, 3.8) is 0 Å². The summed E-state index contributed by atoms with van der Waals surface area (Å²) in [6, 6.07) is 29.2. The van der Waals surface area contributed by atoms with E-state index in [9.17, 15) is 0 Å². The smallest absolute Gasteiger partial charge is 0.155 e. The molecule has 3 aromatic carbocycles. The number of hydrogen-bond donors (Lipinski definition) is 0. The summed E-state index contributed by atoms with van der Waals surface area (Å²) in [6.45, 7) is 2.13. The average molecular weight is 407 g/mol. The molecule has 0 saturated heterocycles. The second kappa shape index (κ2) is 6.71. The molecule has 0 bridgehead atoms. The number of fused-ring (bicyclic) bond motifs is 3. The molecule has 3 aromatic heterocycles. The fourth-order valence-corrected chi connectivity index (χ4v) is 4.77. The van der Waals surface area contributed by atoms with Gasteiger partial charge in [-0.1, -0.05) is 36.4 Å². The van der Waals surface area contributed by atoms with Crippen molar-refractivity contribution in [2.45, 2.75) is 6.92 Å². The second-order valence-electron chi connectivity index (χ2n) is 7.37. The Hall–Kier alpha value is -3.63. The topological polar surface area (TPSA) is 31.0 Å². The van der Waals surface area contributed by atoms with E-state index in [1.807, 2.05) is 30.3 Å². The van der Waals surface area contributed by atoms with Crippen molar-refractivity contribution >= 4 is 33.3 Å². The Balaban J connectivity index is 1.56. The first-order valence-electron chi connectivity index (χ1n) is 9.89. The van der Waals surface area contributed by atoms with Crippen LogP contribution in [0, 0.1) is 6.92 Å². The largest absolute Gasteiger partial charge is 0.456 e. The molecule has 0 aliphatic carbocycles. The van der Waals surface area contributed by atoms with Crippen LogP contribution in [0.1, 0.15) is 4.88 Å². The van der Waals surface area contributed by atoms with Crippen molar-refractivity contribution in [1.82, 2.24) is 9.55 Å². The van der Waals surface area contributed by atoms with Crippen molar-refractivity contribution < 1.29 is 4.42 Å². The number of hydrogen-bond acceptors (Lipinski definition) is 3. The minimum Gasteiger partial charge on any atom is -0.456 e. The van der Waals surface area contributed by atoms with Crippen LogP contribution in [-0.2, 0) is 0 Å². The SMILES string of the molecule is Cc1ccc(-c2nc(-c3ccc4oc5ccccc5c4c3)cn2-c2ccccc2)s1. The zero-order valence-corrected chi connectivity index (χ0v) is 17.2. The quantitative estimate of drug-likeness (QED) is 0.305. The molecule has 3 nitrogen and oxygen atoms in total. The van der Waals surface area contributed by atoms with Gasteiger partial charge in [0.05, 0.1) is 10.6 Å². The summed E-state index contributed by atoms with van der Waals surface area (Å²) in [4.78, 5) is 7.50. The fourth-order valence-electron chi connectivity index (χ4n) is 3.92. The normalized spacial score (nSPS) is 11.5. The van der Waals surface area contributed by atoms with Gasteiger partial charge in [0.1, 0.15) is 11.2 Å². The van der Waals surface area contributed by atoms with Crippen LogP contribution in [-0.4, -0.2) is 9.55 Å². The first kappa shape index (κ1) is 17.2. The summed E-state index contributed by atoms with van der Waals surface area (Å²) in [6.07, 6.45) is 2.13. The third-order valence-corrected chi connectivity index (χ3v) is 6.37. The number of nitrogens with zero attached hydrogens (tertiary/aromatic N) is 2. The maximum Gasteiger partial charge on any atom is 0.155 e. The van der Waals surface area contributed by atoms with Gasteiger partial charge in [0.2, 0.25) is 0 Å². The van der Waals surface area contributed by atoms with Gasteiger partial charge in [-0.25, -0.2) is 4.98 Å². The predicted octanol–water partition coefficient (Wildman–Crippen LogP) is 7.48. The van der Waals surface area contributed by atoms with E-state index in [1.165, 1.54) is 4.88 Å². The molecule has 0 saturated carbocycles. The molecule has 0 aliphatic rings. The molecule has 3 heterocycles. The molecular formula is C26H18N2OS. The van der Waals surface area contributed by atoms with Gasteiger partial charge in [-0.05, 0) is 55.5 Å². The van der Waals surface area contributed by atoms with E-state index in [2.05, 4.69) is 72.3 Å². The molecule has 0 N–H and O–H groups in total. The van der Waals surface area contributed by atoms with Gasteiger partial charge >= 0.3 is 0 Å². The summed E-state index contributed by atoms with van der Waals surface area (Å²) >= 11 is 1.77. The number of imidazole rings is 1. The van der Waals surface area contributed by atoms with E-state index in [0.717, 1.165) is 49.6 Å². The molecular weight excluding hydrogens is 388 g/mol. The van der Waals surface area contributed by atoms with Gasteiger partial charge in [0.25, 0.3) is 0 Å². The molecule has 0 atom stereocenters. The molecule has 0 spiro atoms. The van der Waals surface area contributed by atoms with E-state index >= 15 is 0 Å². The summed E-state index contributed by atoms with van der Waals surface area (Å²) in [5, 5.41) is 2.25. The van der Waals surface area contributed by atoms with Gasteiger partial charge in [0, 0.05) is 33.1 Å². The molecule has 0 unspecified atom stereocenters. The number of aromatic nitrogens is 2. The van der Waals surface area contributed by atoms with Crippen LogP contribution in [0.2, 0.25) is 0 Å². The molecule has 0 fully saturated rings. The van der Waals surface area contributed by atoms with Gasteiger partial charge in [-0.15, -0.1) is 11.3 Å².